The Morgan fingerprint density at radius 1 is 1.19 bits per heavy atom. The lowest BCUT2D eigenvalue weighted by molar-refractivity contribution is -0.152. The highest BCUT2D eigenvalue weighted by Crippen LogP contribution is 2.32. The predicted octanol–water partition coefficient (Wildman–Crippen LogP) is 0.470. The highest BCUT2D eigenvalue weighted by atomic mass is 16.5. The molecule has 3 heterocycles. The lowest BCUT2D eigenvalue weighted by Gasteiger charge is -2.34. The zero-order valence-electron chi connectivity index (χ0n) is 17.3. The SMILES string of the molecule is CN1CCC[C@H]1C(=N)OCCN1C(=O)CCC(N2C(=O)c3cccc(N)c3C2=O)C1=O. The van der Waals surface area contributed by atoms with Crippen LogP contribution in [-0.2, 0) is 14.3 Å². The lowest BCUT2D eigenvalue weighted by atomic mass is 10.0. The molecule has 0 radical (unpaired) electrons. The van der Waals surface area contributed by atoms with Gasteiger partial charge in [0.25, 0.3) is 17.7 Å². The molecular weight excluding hydrogens is 402 g/mol. The molecule has 0 spiro atoms. The third kappa shape index (κ3) is 3.56. The molecule has 4 rings (SSSR count). The van der Waals surface area contributed by atoms with Crippen LogP contribution in [0, 0.1) is 5.41 Å². The molecular formula is C21H25N5O5. The zero-order chi connectivity index (χ0) is 22.3. The number of nitrogens with two attached hydrogens (primary N) is 1. The second-order valence-electron chi connectivity index (χ2n) is 8.04. The van der Waals surface area contributed by atoms with Gasteiger partial charge in [-0.1, -0.05) is 6.07 Å². The molecule has 10 nitrogen and oxygen atoms in total. The summed E-state index contributed by atoms with van der Waals surface area (Å²) in [5.41, 5.74) is 6.31. The summed E-state index contributed by atoms with van der Waals surface area (Å²) in [4.78, 5) is 55.0. The summed E-state index contributed by atoms with van der Waals surface area (Å²) in [6.45, 7) is 0.840. The molecule has 1 aromatic rings. The van der Waals surface area contributed by atoms with Gasteiger partial charge in [-0.2, -0.15) is 0 Å². The number of benzene rings is 1. The molecule has 0 aromatic heterocycles. The molecule has 10 heteroatoms. The fourth-order valence-corrected chi connectivity index (χ4v) is 4.49. The van der Waals surface area contributed by atoms with Crippen LogP contribution in [0.2, 0.25) is 0 Å². The summed E-state index contributed by atoms with van der Waals surface area (Å²) in [6, 6.07) is 3.45. The zero-order valence-corrected chi connectivity index (χ0v) is 17.3. The van der Waals surface area contributed by atoms with Crippen molar-refractivity contribution in [1.29, 1.82) is 5.41 Å². The van der Waals surface area contributed by atoms with E-state index in [4.69, 9.17) is 15.9 Å². The first-order valence-corrected chi connectivity index (χ1v) is 10.3. The van der Waals surface area contributed by atoms with Crippen LogP contribution in [0.5, 0.6) is 0 Å². The van der Waals surface area contributed by atoms with E-state index in [-0.39, 0.29) is 60.7 Å². The van der Waals surface area contributed by atoms with E-state index in [0.717, 1.165) is 29.2 Å². The normalized spacial score (nSPS) is 24.2. The van der Waals surface area contributed by atoms with Crippen LogP contribution in [0.4, 0.5) is 5.69 Å². The number of anilines is 1. The molecule has 3 N–H and O–H groups in total. The second-order valence-corrected chi connectivity index (χ2v) is 8.04. The van der Waals surface area contributed by atoms with E-state index in [1.807, 2.05) is 11.9 Å². The van der Waals surface area contributed by atoms with E-state index >= 15 is 0 Å². The van der Waals surface area contributed by atoms with Crippen molar-refractivity contribution in [1.82, 2.24) is 14.7 Å². The molecule has 1 aromatic carbocycles. The predicted molar refractivity (Wildman–Crippen MR) is 110 cm³/mol. The van der Waals surface area contributed by atoms with E-state index in [2.05, 4.69) is 0 Å². The molecule has 2 saturated heterocycles. The Labute approximate surface area is 179 Å². The first-order chi connectivity index (χ1) is 14.8. The molecule has 0 bridgehead atoms. The van der Waals surface area contributed by atoms with Crippen LogP contribution < -0.4 is 5.73 Å². The number of likely N-dealkylation sites (N-methyl/N-ethyl adjacent to an activating group) is 1. The van der Waals surface area contributed by atoms with Crippen molar-refractivity contribution in [2.45, 2.75) is 37.8 Å². The maximum absolute atomic E-state index is 13.0. The number of imide groups is 2. The topological polar surface area (TPSA) is 137 Å². The van der Waals surface area contributed by atoms with Gasteiger partial charge in [-0.3, -0.25) is 39.3 Å². The molecule has 2 atom stereocenters. The van der Waals surface area contributed by atoms with E-state index < -0.39 is 23.8 Å². The quantitative estimate of drug-likeness (QED) is 0.302. The van der Waals surface area contributed by atoms with Crippen molar-refractivity contribution in [3.63, 3.8) is 0 Å². The number of ether oxygens (including phenoxy) is 1. The van der Waals surface area contributed by atoms with Crippen LogP contribution >= 0.6 is 0 Å². The van der Waals surface area contributed by atoms with Crippen LogP contribution in [-0.4, -0.2) is 83.1 Å². The number of nitrogens with one attached hydrogen (secondary N) is 1. The standard InChI is InChI=1S/C21H25N5O5/c1-24-9-3-6-14(24)18(23)31-11-10-25-16(27)8-7-15(20(25)29)26-19(28)12-4-2-5-13(22)17(12)21(26)30/h2,4-5,14-15,23H,3,6-11,22H2,1H3/t14-,15?/m0/s1. The van der Waals surface area contributed by atoms with Crippen LogP contribution in [0.1, 0.15) is 46.4 Å². The summed E-state index contributed by atoms with van der Waals surface area (Å²) in [6.07, 6.45) is 1.93. The number of carbonyl (C=O) groups excluding carboxylic acids is 4. The number of hydrogen-bond donors (Lipinski definition) is 2. The first-order valence-electron chi connectivity index (χ1n) is 10.3. The van der Waals surface area contributed by atoms with Crippen molar-refractivity contribution >= 4 is 35.2 Å². The lowest BCUT2D eigenvalue weighted by Crippen LogP contribution is -2.56. The van der Waals surface area contributed by atoms with Crippen molar-refractivity contribution in [2.24, 2.45) is 0 Å². The highest BCUT2D eigenvalue weighted by molar-refractivity contribution is 6.25. The minimum Gasteiger partial charge on any atom is -0.478 e. The van der Waals surface area contributed by atoms with Gasteiger partial charge in [-0.25, -0.2) is 0 Å². The van der Waals surface area contributed by atoms with Crippen molar-refractivity contribution in [2.75, 3.05) is 32.5 Å². The minimum atomic E-state index is -1.06. The highest BCUT2D eigenvalue weighted by Gasteiger charge is 2.47. The van der Waals surface area contributed by atoms with E-state index in [0.29, 0.717) is 0 Å². The number of carbonyl (C=O) groups is 4. The smallest absolute Gasteiger partial charge is 0.264 e. The maximum atomic E-state index is 13.0. The molecule has 2 fully saturated rings. The number of likely N-dealkylation sites (tertiary alicyclic amines) is 2. The van der Waals surface area contributed by atoms with Gasteiger partial charge in [0.15, 0.2) is 5.90 Å². The Morgan fingerprint density at radius 3 is 2.65 bits per heavy atom. The van der Waals surface area contributed by atoms with Crippen molar-refractivity contribution in [3.05, 3.63) is 29.3 Å². The molecule has 4 amide bonds. The van der Waals surface area contributed by atoms with E-state index in [1.54, 1.807) is 6.07 Å². The number of amides is 4. The second kappa shape index (κ2) is 8.10. The van der Waals surface area contributed by atoms with Crippen molar-refractivity contribution < 1.29 is 23.9 Å². The van der Waals surface area contributed by atoms with Crippen LogP contribution in [0.15, 0.2) is 18.2 Å². The molecule has 1 unspecified atom stereocenters. The molecule has 3 aliphatic heterocycles. The number of fused-ring (bicyclic) bond motifs is 1. The molecule has 164 valence electrons. The number of nitrogens with zero attached hydrogens (tertiary/aromatic N) is 3. The molecule has 31 heavy (non-hydrogen) atoms. The average molecular weight is 427 g/mol. The Kier molecular flexibility index (Phi) is 5.48. The largest absolute Gasteiger partial charge is 0.478 e. The van der Waals surface area contributed by atoms with Gasteiger partial charge in [-0.15, -0.1) is 0 Å². The molecule has 0 saturated carbocycles. The number of hydrogen-bond acceptors (Lipinski definition) is 8. The maximum Gasteiger partial charge on any atom is 0.264 e. The van der Waals surface area contributed by atoms with Gasteiger partial charge in [0.2, 0.25) is 5.91 Å². The van der Waals surface area contributed by atoms with E-state index in [1.165, 1.54) is 12.1 Å². The average Bonchev–Trinajstić information content (AvgIpc) is 3.27. The third-order valence-electron chi connectivity index (χ3n) is 6.17. The number of nitrogen functional groups attached to an aromatic ring is 1. The van der Waals surface area contributed by atoms with Gasteiger partial charge >= 0.3 is 0 Å². The Balaban J connectivity index is 1.43. The van der Waals surface area contributed by atoms with Crippen LogP contribution in [0.25, 0.3) is 0 Å². The number of piperidine rings is 1. The van der Waals surface area contributed by atoms with Gasteiger partial charge < -0.3 is 10.5 Å². The van der Waals surface area contributed by atoms with Gasteiger partial charge in [0.05, 0.1) is 23.7 Å². The summed E-state index contributed by atoms with van der Waals surface area (Å²) in [5, 5.41) is 8.10. The summed E-state index contributed by atoms with van der Waals surface area (Å²) in [7, 11) is 1.92. The Hall–Kier alpha value is -3.27. The fourth-order valence-electron chi connectivity index (χ4n) is 4.49. The van der Waals surface area contributed by atoms with Gasteiger partial charge in [0.1, 0.15) is 12.6 Å². The van der Waals surface area contributed by atoms with Gasteiger partial charge in [0, 0.05) is 12.1 Å². The number of rotatable bonds is 5. The Bertz CT molecular complexity index is 977. The molecule has 0 aliphatic carbocycles. The molecule has 3 aliphatic rings. The van der Waals surface area contributed by atoms with Gasteiger partial charge in [-0.05, 0) is 45.0 Å². The van der Waals surface area contributed by atoms with Crippen LogP contribution in [0.3, 0.4) is 0 Å². The monoisotopic (exact) mass is 427 g/mol. The van der Waals surface area contributed by atoms with Crippen molar-refractivity contribution in [3.8, 4) is 0 Å². The van der Waals surface area contributed by atoms with E-state index in [9.17, 15) is 19.2 Å². The fraction of sp³-hybridized carbons (Fsp3) is 0.476. The Morgan fingerprint density at radius 2 is 1.97 bits per heavy atom. The summed E-state index contributed by atoms with van der Waals surface area (Å²) in [5.74, 6) is -2.08. The third-order valence-corrected chi connectivity index (χ3v) is 6.17. The minimum absolute atomic E-state index is 0.0115. The summed E-state index contributed by atoms with van der Waals surface area (Å²) >= 11 is 0. The summed E-state index contributed by atoms with van der Waals surface area (Å²) < 4.78 is 5.50. The first kappa shape index (κ1) is 21.0.